The minimum absolute atomic E-state index is 0.00790. The van der Waals surface area contributed by atoms with Crippen LogP contribution < -0.4 is 10.1 Å². The highest BCUT2D eigenvalue weighted by atomic mass is 16.6. The highest BCUT2D eigenvalue weighted by Crippen LogP contribution is 2.36. The number of carbonyl (C=O) groups is 1. The summed E-state index contributed by atoms with van der Waals surface area (Å²) in [5.41, 5.74) is 0.558. The maximum atomic E-state index is 12.8. The van der Waals surface area contributed by atoms with Crippen molar-refractivity contribution >= 4 is 17.7 Å². The normalized spacial score (nSPS) is 23.2. The monoisotopic (exact) mass is 442 g/mol. The van der Waals surface area contributed by atoms with E-state index < -0.39 is 5.60 Å². The molecule has 9 nitrogen and oxygen atoms in total. The number of piperidine rings is 2. The Morgan fingerprint density at radius 2 is 1.91 bits per heavy atom. The van der Waals surface area contributed by atoms with Gasteiger partial charge in [-0.15, -0.1) is 0 Å². The molecular weight excluding hydrogens is 408 g/mol. The summed E-state index contributed by atoms with van der Waals surface area (Å²) in [5, 5.41) is 10.5. The molecule has 2 aromatic rings. The number of aromatic amines is 1. The van der Waals surface area contributed by atoms with E-state index in [0.29, 0.717) is 23.4 Å². The van der Waals surface area contributed by atoms with Gasteiger partial charge in [-0.2, -0.15) is 10.1 Å². The van der Waals surface area contributed by atoms with Crippen molar-refractivity contribution in [3.05, 3.63) is 24.2 Å². The quantitative estimate of drug-likeness (QED) is 0.687. The zero-order valence-electron chi connectivity index (χ0n) is 19.6. The van der Waals surface area contributed by atoms with Crippen molar-refractivity contribution in [2.45, 2.75) is 96.4 Å². The molecule has 2 saturated heterocycles. The third kappa shape index (κ3) is 5.31. The van der Waals surface area contributed by atoms with E-state index in [2.05, 4.69) is 39.3 Å². The number of hydrogen-bond acceptors (Lipinski definition) is 7. The summed E-state index contributed by atoms with van der Waals surface area (Å²) in [6, 6.07) is 2.23. The van der Waals surface area contributed by atoms with Crippen LogP contribution in [0.1, 0.15) is 78.3 Å². The molecule has 0 aliphatic carbocycles. The number of nitrogens with zero attached hydrogens (tertiary/aromatic N) is 4. The number of nitrogens with one attached hydrogen (secondary N) is 2. The van der Waals surface area contributed by atoms with E-state index in [0.717, 1.165) is 37.8 Å². The smallest absolute Gasteiger partial charge is 0.410 e. The first-order valence-electron chi connectivity index (χ1n) is 11.5. The van der Waals surface area contributed by atoms with E-state index in [4.69, 9.17) is 9.47 Å². The molecule has 2 aromatic heterocycles. The van der Waals surface area contributed by atoms with Gasteiger partial charge in [-0.3, -0.25) is 10.1 Å². The Labute approximate surface area is 189 Å². The summed E-state index contributed by atoms with van der Waals surface area (Å²) in [5.74, 6) is 2.12. The van der Waals surface area contributed by atoms with Crippen LogP contribution in [0.5, 0.6) is 5.88 Å². The highest BCUT2D eigenvalue weighted by Gasteiger charge is 2.43. The lowest BCUT2D eigenvalue weighted by Gasteiger charge is -2.48. The van der Waals surface area contributed by atoms with Gasteiger partial charge in [0.05, 0.1) is 12.4 Å². The molecule has 2 N–H and O–H groups in total. The van der Waals surface area contributed by atoms with Crippen LogP contribution in [0.2, 0.25) is 0 Å². The molecule has 0 spiro atoms. The summed E-state index contributed by atoms with van der Waals surface area (Å²) in [4.78, 5) is 23.6. The molecule has 4 heterocycles. The largest absolute Gasteiger partial charge is 0.473 e. The van der Waals surface area contributed by atoms with Gasteiger partial charge < -0.3 is 19.7 Å². The molecule has 2 aliphatic heterocycles. The van der Waals surface area contributed by atoms with Crippen LogP contribution in [-0.4, -0.2) is 54.9 Å². The fourth-order valence-electron chi connectivity index (χ4n) is 4.50. The number of ether oxygens (including phenoxy) is 2. The van der Waals surface area contributed by atoms with Crippen LogP contribution in [-0.2, 0) is 4.74 Å². The first-order valence-corrected chi connectivity index (χ1v) is 11.5. The lowest BCUT2D eigenvalue weighted by molar-refractivity contribution is -0.0412. The highest BCUT2D eigenvalue weighted by molar-refractivity contribution is 5.69. The van der Waals surface area contributed by atoms with Crippen LogP contribution in [0.3, 0.4) is 0 Å². The summed E-state index contributed by atoms with van der Waals surface area (Å²) < 4.78 is 11.9. The Hall–Kier alpha value is -2.84. The lowest BCUT2D eigenvalue weighted by atomic mass is 9.83. The number of fused-ring (bicyclic) bond motifs is 2. The maximum absolute atomic E-state index is 12.8. The summed E-state index contributed by atoms with van der Waals surface area (Å²) in [6.07, 6.45) is 7.67. The van der Waals surface area contributed by atoms with Gasteiger partial charge in [-0.25, -0.2) is 4.79 Å². The average Bonchev–Trinajstić information content (AvgIpc) is 3.15. The Morgan fingerprint density at radius 1 is 1.19 bits per heavy atom. The molecule has 174 valence electrons. The Balaban J connectivity index is 1.40. The SMILES string of the molecule is CC(C)c1cc(Nc2cncc(OC3C[C@H]4CCC[C@@H](C3)N4C(=O)OC(C)(C)C)n2)n[nH]1. The maximum Gasteiger partial charge on any atom is 0.410 e. The number of rotatable bonds is 5. The lowest BCUT2D eigenvalue weighted by Crippen LogP contribution is -2.57. The fraction of sp³-hybridized carbons (Fsp3) is 0.652. The second kappa shape index (κ2) is 8.96. The second-order valence-electron chi connectivity index (χ2n) is 10.1. The summed E-state index contributed by atoms with van der Waals surface area (Å²) in [7, 11) is 0. The van der Waals surface area contributed by atoms with Gasteiger partial charge in [0.25, 0.3) is 0 Å². The van der Waals surface area contributed by atoms with Gasteiger partial charge in [0, 0.05) is 36.7 Å². The van der Waals surface area contributed by atoms with Crippen LogP contribution >= 0.6 is 0 Å². The van der Waals surface area contributed by atoms with Crippen LogP contribution in [0.15, 0.2) is 18.5 Å². The van der Waals surface area contributed by atoms with Gasteiger partial charge in [0.2, 0.25) is 5.88 Å². The van der Waals surface area contributed by atoms with E-state index in [-0.39, 0.29) is 24.3 Å². The van der Waals surface area contributed by atoms with Gasteiger partial charge in [0.15, 0.2) is 11.6 Å². The Kier molecular flexibility index (Phi) is 6.26. The minimum Gasteiger partial charge on any atom is -0.473 e. The van der Waals surface area contributed by atoms with Crippen molar-refractivity contribution in [3.8, 4) is 5.88 Å². The number of aromatic nitrogens is 4. The van der Waals surface area contributed by atoms with Crippen molar-refractivity contribution in [2.24, 2.45) is 0 Å². The first kappa shape index (κ1) is 22.4. The molecular formula is C23H34N6O3. The molecule has 2 fully saturated rings. The second-order valence-corrected chi connectivity index (χ2v) is 10.1. The van der Waals surface area contributed by atoms with Gasteiger partial charge in [-0.05, 0) is 46.0 Å². The van der Waals surface area contributed by atoms with Crippen LogP contribution in [0.25, 0.3) is 0 Å². The molecule has 2 bridgehead atoms. The molecule has 1 unspecified atom stereocenters. The summed E-state index contributed by atoms with van der Waals surface area (Å²) >= 11 is 0. The number of carbonyl (C=O) groups excluding carboxylic acids is 1. The Morgan fingerprint density at radius 3 is 2.53 bits per heavy atom. The molecule has 0 saturated carbocycles. The molecule has 0 radical (unpaired) electrons. The zero-order chi connectivity index (χ0) is 22.9. The van der Waals surface area contributed by atoms with Crippen LogP contribution in [0, 0.1) is 0 Å². The van der Waals surface area contributed by atoms with Gasteiger partial charge >= 0.3 is 6.09 Å². The van der Waals surface area contributed by atoms with Crippen molar-refractivity contribution in [2.75, 3.05) is 5.32 Å². The molecule has 4 rings (SSSR count). The molecule has 1 amide bonds. The van der Waals surface area contributed by atoms with Crippen molar-refractivity contribution in [3.63, 3.8) is 0 Å². The molecule has 0 aromatic carbocycles. The minimum atomic E-state index is -0.494. The van der Waals surface area contributed by atoms with E-state index in [9.17, 15) is 4.79 Å². The van der Waals surface area contributed by atoms with Crippen molar-refractivity contribution < 1.29 is 14.3 Å². The first-order chi connectivity index (χ1) is 15.2. The van der Waals surface area contributed by atoms with Crippen molar-refractivity contribution in [1.82, 2.24) is 25.1 Å². The Bertz CT molecular complexity index is 924. The number of amides is 1. The predicted molar refractivity (Wildman–Crippen MR) is 121 cm³/mol. The van der Waals surface area contributed by atoms with Crippen LogP contribution in [0.4, 0.5) is 16.4 Å². The topological polar surface area (TPSA) is 105 Å². The molecule has 3 atom stereocenters. The predicted octanol–water partition coefficient (Wildman–Crippen LogP) is 4.77. The van der Waals surface area contributed by atoms with Gasteiger partial charge in [0.1, 0.15) is 11.7 Å². The van der Waals surface area contributed by atoms with Gasteiger partial charge in [-0.1, -0.05) is 13.8 Å². The standard InChI is InChI=1S/C23H34N6O3/c1-14(2)18-11-19(28-27-18)25-20-12-24-13-21(26-20)31-17-9-15-7-6-8-16(10-17)29(15)22(30)32-23(3,4)5/h11-17H,6-10H2,1-5H3,(H2,25,26,27,28)/t15-,16+,17?. The third-order valence-electron chi connectivity index (χ3n) is 5.91. The van der Waals surface area contributed by atoms with E-state index in [1.807, 2.05) is 31.7 Å². The van der Waals surface area contributed by atoms with Crippen molar-refractivity contribution in [1.29, 1.82) is 0 Å². The fourth-order valence-corrected chi connectivity index (χ4v) is 4.50. The van der Waals surface area contributed by atoms with E-state index in [1.165, 1.54) is 0 Å². The molecule has 32 heavy (non-hydrogen) atoms. The molecule has 2 aliphatic rings. The number of hydrogen-bond donors (Lipinski definition) is 2. The zero-order valence-corrected chi connectivity index (χ0v) is 19.6. The summed E-state index contributed by atoms with van der Waals surface area (Å²) in [6.45, 7) is 9.93. The third-order valence-corrected chi connectivity index (χ3v) is 5.91. The van der Waals surface area contributed by atoms with E-state index in [1.54, 1.807) is 12.4 Å². The average molecular weight is 443 g/mol. The number of anilines is 2. The van der Waals surface area contributed by atoms with E-state index >= 15 is 0 Å². The molecule has 9 heteroatoms. The number of H-pyrrole nitrogens is 1.